The average molecular weight is 450 g/mol. The minimum absolute atomic E-state index is 0.178. The molecule has 3 N–H and O–H groups in total. The monoisotopic (exact) mass is 449 g/mol. The van der Waals surface area contributed by atoms with Crippen LogP contribution in [0.1, 0.15) is 81.9 Å². The summed E-state index contributed by atoms with van der Waals surface area (Å²) in [6.07, 6.45) is 2.02. The van der Waals surface area contributed by atoms with Crippen molar-refractivity contribution in [2.24, 2.45) is 11.1 Å². The summed E-state index contributed by atoms with van der Waals surface area (Å²) in [5, 5.41) is 0. The molecule has 0 bridgehead atoms. The van der Waals surface area contributed by atoms with Crippen LogP contribution >= 0.6 is 0 Å². The summed E-state index contributed by atoms with van der Waals surface area (Å²) in [5.74, 6) is -0.473. The summed E-state index contributed by atoms with van der Waals surface area (Å²) in [6.45, 7) is 12.5. The van der Waals surface area contributed by atoms with Crippen molar-refractivity contribution in [1.29, 1.82) is 0 Å². The second kappa shape index (κ2) is 8.30. The molecule has 2 atom stereocenters. The maximum atomic E-state index is 13.0. The zero-order valence-corrected chi connectivity index (χ0v) is 20.2. The number of fused-ring (bicyclic) bond motifs is 1. The summed E-state index contributed by atoms with van der Waals surface area (Å²) in [4.78, 5) is 26.1. The van der Waals surface area contributed by atoms with Crippen molar-refractivity contribution in [2.75, 3.05) is 13.1 Å². The summed E-state index contributed by atoms with van der Waals surface area (Å²) in [7, 11) is 0. The number of carbonyl (C=O) groups is 2. The molecular weight excluding hydrogens is 414 g/mol. The first-order chi connectivity index (χ1) is 14.2. The highest BCUT2D eigenvalue weighted by molar-refractivity contribution is 7.90. The zero-order valence-electron chi connectivity index (χ0n) is 19.4. The Kier molecular flexibility index (Phi) is 6.39. The predicted molar refractivity (Wildman–Crippen MR) is 122 cm³/mol. The van der Waals surface area contributed by atoms with Crippen molar-refractivity contribution >= 4 is 23.4 Å². The van der Waals surface area contributed by atoms with Gasteiger partial charge in [-0.1, -0.05) is 6.07 Å². The van der Waals surface area contributed by atoms with Crippen LogP contribution in [0.3, 0.4) is 0 Å². The number of ether oxygens (including phenoxy) is 1. The van der Waals surface area contributed by atoms with Gasteiger partial charge in [-0.2, -0.15) is 0 Å². The second-order valence-electron chi connectivity index (χ2n) is 10.7. The summed E-state index contributed by atoms with van der Waals surface area (Å²) < 4.78 is 21.5. The van der Waals surface area contributed by atoms with Gasteiger partial charge in [0.15, 0.2) is 0 Å². The first-order valence-corrected chi connectivity index (χ1v) is 12.0. The van der Waals surface area contributed by atoms with Crippen LogP contribution in [0.5, 0.6) is 0 Å². The standard InChI is InChI=1S/C23H35N3O4S/c1-21(2,3)30-20(28)26-11-9-23(10-12-26)14-16-8-7-15(19(24)27)13-17(16)18(23)25-31(29)22(4,5)6/h7-8,13,18,25H,9-12,14H2,1-6H3,(H2,24,27)/t18-,31-/m1/s1. The molecular formula is C23H35N3O4S. The maximum Gasteiger partial charge on any atom is 0.410 e. The van der Waals surface area contributed by atoms with E-state index in [1.807, 2.05) is 53.7 Å². The Bertz CT molecular complexity index is 851. The van der Waals surface area contributed by atoms with Crippen molar-refractivity contribution in [3.63, 3.8) is 0 Å². The number of likely N-dealkylation sites (tertiary alicyclic amines) is 1. The van der Waals surface area contributed by atoms with E-state index in [0.717, 1.165) is 30.4 Å². The Morgan fingerprint density at radius 3 is 2.32 bits per heavy atom. The van der Waals surface area contributed by atoms with Gasteiger partial charge < -0.3 is 19.9 Å². The third-order valence-corrected chi connectivity index (χ3v) is 7.65. The Labute approximate surface area is 188 Å². The van der Waals surface area contributed by atoms with Crippen LogP contribution in [0.2, 0.25) is 0 Å². The molecule has 1 aromatic rings. The fourth-order valence-electron chi connectivity index (χ4n) is 4.39. The van der Waals surface area contributed by atoms with Crippen molar-refractivity contribution in [1.82, 2.24) is 9.62 Å². The normalized spacial score (nSPS) is 21.6. The molecule has 1 heterocycles. The van der Waals surface area contributed by atoms with E-state index in [0.29, 0.717) is 18.7 Å². The van der Waals surface area contributed by atoms with E-state index in [1.165, 1.54) is 0 Å². The topological polar surface area (TPSA) is 108 Å². The highest BCUT2D eigenvalue weighted by Crippen LogP contribution is 2.53. The molecule has 2 amide bonds. The van der Waals surface area contributed by atoms with E-state index in [1.54, 1.807) is 11.0 Å². The fraction of sp³-hybridized carbons (Fsp3) is 0.652. The Morgan fingerprint density at radius 2 is 1.81 bits per heavy atom. The van der Waals surface area contributed by atoms with Gasteiger partial charge in [-0.05, 0) is 84.1 Å². The summed E-state index contributed by atoms with van der Waals surface area (Å²) in [5.41, 5.74) is 7.38. The number of benzene rings is 1. The number of nitrogens with two attached hydrogens (primary N) is 1. The molecule has 1 aromatic carbocycles. The van der Waals surface area contributed by atoms with Gasteiger partial charge in [0.1, 0.15) is 10.3 Å². The van der Waals surface area contributed by atoms with Gasteiger partial charge in [0.2, 0.25) is 5.91 Å². The predicted octanol–water partition coefficient (Wildman–Crippen LogP) is 3.45. The second-order valence-corrected chi connectivity index (χ2v) is 12.7. The van der Waals surface area contributed by atoms with Crippen LogP contribution < -0.4 is 10.5 Å². The maximum absolute atomic E-state index is 13.0. The van der Waals surface area contributed by atoms with Crippen LogP contribution in [0, 0.1) is 5.41 Å². The minimum atomic E-state index is -1.28. The molecule has 1 aliphatic carbocycles. The average Bonchev–Trinajstić information content (AvgIpc) is 2.92. The van der Waals surface area contributed by atoms with Gasteiger partial charge in [0.05, 0.1) is 6.04 Å². The van der Waals surface area contributed by atoms with Crippen molar-refractivity contribution in [3.8, 4) is 0 Å². The van der Waals surface area contributed by atoms with Gasteiger partial charge in [-0.15, -0.1) is 4.72 Å². The first-order valence-electron chi connectivity index (χ1n) is 10.8. The lowest BCUT2D eigenvalue weighted by molar-refractivity contribution is 0.00715. The molecule has 0 aromatic heterocycles. The quantitative estimate of drug-likeness (QED) is 0.687. The lowest BCUT2D eigenvalue weighted by Gasteiger charge is -2.43. The third kappa shape index (κ3) is 5.18. The Hall–Kier alpha value is -1.77. The molecule has 0 saturated carbocycles. The number of rotatable bonds is 3. The highest BCUT2D eigenvalue weighted by atomic mass is 32.2. The van der Waals surface area contributed by atoms with Gasteiger partial charge >= 0.3 is 6.09 Å². The summed E-state index contributed by atoms with van der Waals surface area (Å²) in [6, 6.07) is 5.37. The largest absolute Gasteiger partial charge is 0.598 e. The molecule has 172 valence electrons. The molecule has 0 unspecified atom stereocenters. The molecule has 1 aliphatic heterocycles. The number of primary amides is 1. The number of hydrogen-bond donors (Lipinski definition) is 2. The molecule has 0 radical (unpaired) electrons. The van der Waals surface area contributed by atoms with E-state index < -0.39 is 27.6 Å². The number of piperidine rings is 1. The van der Waals surface area contributed by atoms with E-state index in [4.69, 9.17) is 10.5 Å². The van der Waals surface area contributed by atoms with Crippen LogP contribution in [0.25, 0.3) is 0 Å². The van der Waals surface area contributed by atoms with Gasteiger partial charge in [0.25, 0.3) is 0 Å². The van der Waals surface area contributed by atoms with E-state index >= 15 is 0 Å². The van der Waals surface area contributed by atoms with E-state index in [-0.39, 0.29) is 17.6 Å². The molecule has 2 aliphatic rings. The van der Waals surface area contributed by atoms with Gasteiger partial charge in [0, 0.05) is 35.4 Å². The fourth-order valence-corrected chi connectivity index (χ4v) is 5.33. The van der Waals surface area contributed by atoms with Crippen LogP contribution in [-0.4, -0.2) is 44.9 Å². The lowest BCUT2D eigenvalue weighted by atomic mass is 9.73. The SMILES string of the molecule is CC(C)(C)OC(=O)N1CCC2(CC1)Cc1ccc(C(N)=O)cc1[C@H]2N[S@+]([O-])C(C)(C)C. The van der Waals surface area contributed by atoms with Crippen LogP contribution in [0.4, 0.5) is 4.79 Å². The zero-order chi connectivity index (χ0) is 23.2. The summed E-state index contributed by atoms with van der Waals surface area (Å²) >= 11 is -1.28. The lowest BCUT2D eigenvalue weighted by Crippen LogP contribution is -2.51. The molecule has 7 nitrogen and oxygen atoms in total. The highest BCUT2D eigenvalue weighted by Gasteiger charge is 2.51. The van der Waals surface area contributed by atoms with Crippen molar-refractivity contribution < 1.29 is 18.9 Å². The Morgan fingerprint density at radius 1 is 1.19 bits per heavy atom. The number of hydrogen-bond acceptors (Lipinski definition) is 5. The molecule has 31 heavy (non-hydrogen) atoms. The van der Waals surface area contributed by atoms with Crippen LogP contribution in [-0.2, 0) is 22.5 Å². The molecule has 1 spiro atoms. The van der Waals surface area contributed by atoms with Gasteiger partial charge in [-0.25, -0.2) is 4.79 Å². The number of nitrogens with zero attached hydrogens (tertiary/aromatic N) is 1. The van der Waals surface area contributed by atoms with E-state index in [2.05, 4.69) is 4.72 Å². The Balaban J connectivity index is 1.87. The molecule has 1 fully saturated rings. The van der Waals surface area contributed by atoms with Crippen molar-refractivity contribution in [3.05, 3.63) is 34.9 Å². The molecule has 8 heteroatoms. The minimum Gasteiger partial charge on any atom is -0.598 e. The number of amides is 2. The number of carbonyl (C=O) groups excluding carboxylic acids is 2. The third-order valence-electron chi connectivity index (χ3n) is 6.09. The molecule has 3 rings (SSSR count). The molecule has 1 saturated heterocycles. The van der Waals surface area contributed by atoms with Gasteiger partial charge in [-0.3, -0.25) is 4.79 Å². The number of nitrogens with one attached hydrogen (secondary N) is 1. The van der Waals surface area contributed by atoms with E-state index in [9.17, 15) is 14.1 Å². The smallest absolute Gasteiger partial charge is 0.410 e. The van der Waals surface area contributed by atoms with Crippen molar-refractivity contribution in [2.45, 2.75) is 77.2 Å². The van der Waals surface area contributed by atoms with Crippen LogP contribution in [0.15, 0.2) is 18.2 Å². The first kappa shape index (κ1) is 23.9.